The van der Waals surface area contributed by atoms with Crippen molar-refractivity contribution in [2.75, 3.05) is 7.11 Å². The van der Waals surface area contributed by atoms with Crippen molar-refractivity contribution in [3.63, 3.8) is 0 Å². The van der Waals surface area contributed by atoms with Gasteiger partial charge in [-0.2, -0.15) is 0 Å². The van der Waals surface area contributed by atoms with Gasteiger partial charge < -0.3 is 9.57 Å². The second kappa shape index (κ2) is 5.54. The van der Waals surface area contributed by atoms with Gasteiger partial charge in [0.2, 0.25) is 5.90 Å². The molecule has 0 radical (unpaired) electrons. The molecule has 1 N–H and O–H groups in total. The number of rotatable bonds is 3. The first-order valence-corrected chi connectivity index (χ1v) is 6.74. The zero-order valence-corrected chi connectivity index (χ0v) is 12.3. The van der Waals surface area contributed by atoms with Gasteiger partial charge in [0.1, 0.15) is 5.75 Å². The summed E-state index contributed by atoms with van der Waals surface area (Å²) in [4.78, 5) is 14.2. The first-order valence-electron chi connectivity index (χ1n) is 6.74. The van der Waals surface area contributed by atoms with E-state index >= 15 is 0 Å². The number of benzene rings is 1. The molecule has 0 saturated heterocycles. The molecule has 5 nitrogen and oxygen atoms in total. The number of hydrogen-bond donors (Lipinski definition) is 1. The molecule has 1 aromatic heterocycles. The summed E-state index contributed by atoms with van der Waals surface area (Å²) in [5.74, 6) is 1.37. The Labute approximate surface area is 123 Å². The van der Waals surface area contributed by atoms with Gasteiger partial charge in [-0.1, -0.05) is 6.07 Å². The number of methoxy groups -OCH3 is 1. The van der Waals surface area contributed by atoms with Crippen molar-refractivity contribution in [1.29, 1.82) is 0 Å². The molecule has 0 bridgehead atoms. The SMILES string of the molecule is COc1cc(C2=NC(c3cncc(C)c3)NO2)ccc1C. The lowest BCUT2D eigenvalue weighted by atomic mass is 10.1. The van der Waals surface area contributed by atoms with E-state index < -0.39 is 0 Å². The van der Waals surface area contributed by atoms with Gasteiger partial charge in [-0.05, 0) is 43.2 Å². The van der Waals surface area contributed by atoms with Crippen molar-refractivity contribution in [2.24, 2.45) is 4.99 Å². The van der Waals surface area contributed by atoms with E-state index in [1.54, 1.807) is 13.3 Å². The van der Waals surface area contributed by atoms with E-state index in [-0.39, 0.29) is 6.17 Å². The van der Waals surface area contributed by atoms with Crippen LogP contribution in [0.5, 0.6) is 5.75 Å². The average molecular weight is 283 g/mol. The van der Waals surface area contributed by atoms with Crippen molar-refractivity contribution < 1.29 is 9.57 Å². The fourth-order valence-corrected chi connectivity index (χ4v) is 2.24. The number of nitrogens with zero attached hydrogens (tertiary/aromatic N) is 2. The fraction of sp³-hybridized carbons (Fsp3) is 0.250. The largest absolute Gasteiger partial charge is 0.496 e. The van der Waals surface area contributed by atoms with Gasteiger partial charge in [-0.3, -0.25) is 4.98 Å². The summed E-state index contributed by atoms with van der Waals surface area (Å²) in [5.41, 5.74) is 6.94. The number of pyridine rings is 1. The summed E-state index contributed by atoms with van der Waals surface area (Å²) in [6.45, 7) is 4.00. The maximum Gasteiger partial charge on any atom is 0.242 e. The first kappa shape index (κ1) is 13.6. The van der Waals surface area contributed by atoms with Crippen LogP contribution in [-0.4, -0.2) is 18.0 Å². The van der Waals surface area contributed by atoms with Crippen LogP contribution in [0.15, 0.2) is 41.7 Å². The fourth-order valence-electron chi connectivity index (χ4n) is 2.24. The van der Waals surface area contributed by atoms with Crippen molar-refractivity contribution >= 4 is 5.90 Å². The predicted octanol–water partition coefficient (Wildman–Crippen LogP) is 2.69. The molecule has 21 heavy (non-hydrogen) atoms. The minimum atomic E-state index is -0.236. The molecule has 0 spiro atoms. The molecule has 0 saturated carbocycles. The number of aryl methyl sites for hydroxylation is 2. The van der Waals surface area contributed by atoms with Crippen molar-refractivity contribution in [2.45, 2.75) is 20.0 Å². The Morgan fingerprint density at radius 3 is 2.81 bits per heavy atom. The van der Waals surface area contributed by atoms with Crippen LogP contribution in [0.3, 0.4) is 0 Å². The number of aromatic nitrogens is 1. The quantitative estimate of drug-likeness (QED) is 0.941. The smallest absolute Gasteiger partial charge is 0.242 e. The Morgan fingerprint density at radius 1 is 1.19 bits per heavy atom. The zero-order chi connectivity index (χ0) is 14.8. The van der Waals surface area contributed by atoms with Gasteiger partial charge in [0.05, 0.1) is 7.11 Å². The van der Waals surface area contributed by atoms with Crippen molar-refractivity contribution in [1.82, 2.24) is 10.5 Å². The third kappa shape index (κ3) is 2.73. The molecule has 1 aliphatic rings. The topological polar surface area (TPSA) is 55.7 Å². The minimum Gasteiger partial charge on any atom is -0.496 e. The van der Waals surface area contributed by atoms with E-state index in [1.807, 2.05) is 44.3 Å². The third-order valence-electron chi connectivity index (χ3n) is 3.38. The molecular weight excluding hydrogens is 266 g/mol. The van der Waals surface area contributed by atoms with Crippen LogP contribution in [0.2, 0.25) is 0 Å². The van der Waals surface area contributed by atoms with Gasteiger partial charge in [0.25, 0.3) is 0 Å². The maximum atomic E-state index is 5.50. The summed E-state index contributed by atoms with van der Waals surface area (Å²) in [7, 11) is 1.66. The summed E-state index contributed by atoms with van der Waals surface area (Å²) in [5, 5.41) is 0. The van der Waals surface area contributed by atoms with Crippen LogP contribution < -0.4 is 10.2 Å². The Kier molecular flexibility index (Phi) is 3.58. The molecule has 1 aliphatic heterocycles. The molecule has 1 aromatic carbocycles. The molecule has 0 aliphatic carbocycles. The van der Waals surface area contributed by atoms with Crippen LogP contribution in [-0.2, 0) is 4.84 Å². The van der Waals surface area contributed by atoms with Gasteiger partial charge in [0, 0.05) is 23.5 Å². The van der Waals surface area contributed by atoms with Crippen LogP contribution in [0, 0.1) is 13.8 Å². The Balaban J connectivity index is 1.89. The zero-order valence-electron chi connectivity index (χ0n) is 12.3. The third-order valence-corrected chi connectivity index (χ3v) is 3.38. The normalized spacial score (nSPS) is 17.3. The van der Waals surface area contributed by atoms with Crippen LogP contribution in [0.25, 0.3) is 0 Å². The molecule has 0 amide bonds. The minimum absolute atomic E-state index is 0.236. The maximum absolute atomic E-state index is 5.50. The standard InChI is InChI=1S/C16H17N3O2/c1-10-6-13(9-17-8-10)15-18-16(21-19-15)12-5-4-11(2)14(7-12)20-3/h4-9,15,19H,1-3H3. The van der Waals surface area contributed by atoms with Gasteiger partial charge in [0.15, 0.2) is 6.17 Å². The number of nitrogens with one attached hydrogen (secondary N) is 1. The number of ether oxygens (including phenoxy) is 1. The van der Waals surface area contributed by atoms with Crippen LogP contribution in [0.4, 0.5) is 0 Å². The molecule has 0 fully saturated rings. The van der Waals surface area contributed by atoms with E-state index in [9.17, 15) is 0 Å². The lowest BCUT2D eigenvalue weighted by Crippen LogP contribution is -2.15. The molecule has 2 heterocycles. The predicted molar refractivity (Wildman–Crippen MR) is 80.2 cm³/mol. The number of hydrogen-bond acceptors (Lipinski definition) is 5. The highest BCUT2D eigenvalue weighted by atomic mass is 16.7. The van der Waals surface area contributed by atoms with Crippen molar-refractivity contribution in [3.05, 3.63) is 58.9 Å². The molecule has 1 atom stereocenters. The second-order valence-electron chi connectivity index (χ2n) is 5.04. The molecule has 5 heteroatoms. The summed E-state index contributed by atoms with van der Waals surface area (Å²) in [6.07, 6.45) is 3.37. The first-order chi connectivity index (χ1) is 10.2. The number of hydroxylamine groups is 1. The highest BCUT2D eigenvalue weighted by molar-refractivity contribution is 5.95. The molecular formula is C16H17N3O2. The molecule has 1 unspecified atom stereocenters. The van der Waals surface area contributed by atoms with E-state index in [2.05, 4.69) is 15.5 Å². The van der Waals surface area contributed by atoms with Crippen LogP contribution in [0.1, 0.15) is 28.4 Å². The Hall–Kier alpha value is -2.40. The summed E-state index contributed by atoms with van der Waals surface area (Å²) < 4.78 is 5.33. The van der Waals surface area contributed by atoms with E-state index in [4.69, 9.17) is 9.57 Å². The molecule has 2 aromatic rings. The molecule has 3 rings (SSSR count). The highest BCUT2D eigenvalue weighted by Crippen LogP contribution is 2.24. The highest BCUT2D eigenvalue weighted by Gasteiger charge is 2.22. The Bertz CT molecular complexity index is 698. The molecule has 108 valence electrons. The van der Waals surface area contributed by atoms with Gasteiger partial charge >= 0.3 is 0 Å². The second-order valence-corrected chi connectivity index (χ2v) is 5.04. The van der Waals surface area contributed by atoms with E-state index in [0.717, 1.165) is 28.0 Å². The number of aliphatic imine (C=N–C) groups is 1. The Morgan fingerprint density at radius 2 is 2.05 bits per heavy atom. The van der Waals surface area contributed by atoms with Gasteiger partial charge in [-0.25, -0.2) is 4.99 Å². The van der Waals surface area contributed by atoms with E-state index in [1.165, 1.54) is 0 Å². The average Bonchev–Trinajstić information content (AvgIpc) is 2.97. The summed E-state index contributed by atoms with van der Waals surface area (Å²) >= 11 is 0. The van der Waals surface area contributed by atoms with Crippen LogP contribution >= 0.6 is 0 Å². The van der Waals surface area contributed by atoms with Crippen molar-refractivity contribution in [3.8, 4) is 5.75 Å². The monoisotopic (exact) mass is 283 g/mol. The summed E-state index contributed by atoms with van der Waals surface area (Å²) in [6, 6.07) is 7.92. The van der Waals surface area contributed by atoms with Gasteiger partial charge in [-0.15, -0.1) is 5.48 Å². The lowest BCUT2D eigenvalue weighted by Gasteiger charge is -2.07. The van der Waals surface area contributed by atoms with E-state index in [0.29, 0.717) is 5.90 Å². The lowest BCUT2D eigenvalue weighted by molar-refractivity contribution is 0.180.